The summed E-state index contributed by atoms with van der Waals surface area (Å²) in [5.74, 6) is -0.109. The molecule has 1 fully saturated rings. The van der Waals surface area contributed by atoms with Crippen molar-refractivity contribution in [3.05, 3.63) is 36.4 Å². The van der Waals surface area contributed by atoms with E-state index in [9.17, 15) is 14.3 Å². The summed E-state index contributed by atoms with van der Waals surface area (Å²) in [6, 6.07) is 4.32. The largest absolute Gasteiger partial charge is 0.412 e. The van der Waals surface area contributed by atoms with Crippen LogP contribution in [0.15, 0.2) is 30.6 Å². The van der Waals surface area contributed by atoms with Crippen LogP contribution in [-0.2, 0) is 7.05 Å². The van der Waals surface area contributed by atoms with Gasteiger partial charge in [-0.2, -0.15) is 5.10 Å². The summed E-state index contributed by atoms with van der Waals surface area (Å²) in [5.41, 5.74) is 2.51. The van der Waals surface area contributed by atoms with E-state index in [0.29, 0.717) is 47.3 Å². The van der Waals surface area contributed by atoms with Crippen LogP contribution in [0.2, 0.25) is 0 Å². The number of aryl methyl sites for hydroxylation is 1. The lowest BCUT2D eigenvalue weighted by atomic mass is 10.1. The molecule has 2 atom stereocenters. The molecule has 0 aliphatic heterocycles. The second kappa shape index (κ2) is 7.06. The normalized spacial score (nSPS) is 18.9. The number of aliphatic hydroxyl groups is 1. The lowest BCUT2D eigenvalue weighted by Gasteiger charge is -2.11. The average Bonchev–Trinajstić information content (AvgIpc) is 3.40. The number of H-pyrrole nitrogens is 1. The number of rotatable bonds is 3. The van der Waals surface area contributed by atoms with Gasteiger partial charge in [0.2, 0.25) is 0 Å². The van der Waals surface area contributed by atoms with Gasteiger partial charge in [0.05, 0.1) is 17.8 Å². The first-order valence-electron chi connectivity index (χ1n) is 9.61. The third kappa shape index (κ3) is 3.24. The zero-order chi connectivity index (χ0) is 20.8. The lowest BCUT2D eigenvalue weighted by Crippen LogP contribution is -2.35. The summed E-state index contributed by atoms with van der Waals surface area (Å²) in [6.07, 6.45) is 3.97. The van der Waals surface area contributed by atoms with Crippen LogP contribution in [0, 0.1) is 5.82 Å². The SMILES string of the molecule is Cn1nc(-c2cnc3[nH]cc(OC(=O)N[C@@H]4CC[C@@H](O)C4)c3n2)c2ccc(F)cc21. The number of hydrogen-bond donors (Lipinski definition) is 3. The number of halogens is 1. The number of benzene rings is 1. The van der Waals surface area contributed by atoms with Gasteiger partial charge in [0, 0.05) is 24.7 Å². The molecule has 0 unspecified atom stereocenters. The van der Waals surface area contributed by atoms with Gasteiger partial charge in [-0.05, 0) is 37.5 Å². The van der Waals surface area contributed by atoms with Crippen LogP contribution in [0.1, 0.15) is 19.3 Å². The van der Waals surface area contributed by atoms with Crippen molar-refractivity contribution < 1.29 is 19.0 Å². The molecule has 1 amide bonds. The van der Waals surface area contributed by atoms with Crippen molar-refractivity contribution in [2.45, 2.75) is 31.4 Å². The highest BCUT2D eigenvalue weighted by Gasteiger charge is 2.25. The molecule has 5 rings (SSSR count). The van der Waals surface area contributed by atoms with Crippen LogP contribution in [0.25, 0.3) is 33.5 Å². The quantitative estimate of drug-likeness (QED) is 0.478. The molecule has 1 aliphatic rings. The van der Waals surface area contributed by atoms with Crippen LogP contribution in [0.5, 0.6) is 5.75 Å². The molecule has 30 heavy (non-hydrogen) atoms. The summed E-state index contributed by atoms with van der Waals surface area (Å²) in [4.78, 5) is 24.1. The Hall–Kier alpha value is -3.53. The first kappa shape index (κ1) is 18.5. The first-order chi connectivity index (χ1) is 14.5. The number of hydrogen-bond acceptors (Lipinski definition) is 6. The summed E-state index contributed by atoms with van der Waals surface area (Å²) < 4.78 is 20.6. The van der Waals surface area contributed by atoms with Crippen molar-refractivity contribution in [3.63, 3.8) is 0 Å². The Morgan fingerprint density at radius 2 is 2.27 bits per heavy atom. The molecule has 3 aromatic heterocycles. The third-order valence-corrected chi connectivity index (χ3v) is 5.33. The Morgan fingerprint density at radius 3 is 3.07 bits per heavy atom. The molecule has 9 nitrogen and oxygen atoms in total. The molecule has 10 heteroatoms. The van der Waals surface area contributed by atoms with Crippen molar-refractivity contribution in [1.82, 2.24) is 30.0 Å². The predicted molar refractivity (Wildman–Crippen MR) is 106 cm³/mol. The molecule has 154 valence electrons. The van der Waals surface area contributed by atoms with Crippen LogP contribution >= 0.6 is 0 Å². The van der Waals surface area contributed by atoms with E-state index in [1.165, 1.54) is 18.3 Å². The van der Waals surface area contributed by atoms with Crippen molar-refractivity contribution in [2.24, 2.45) is 7.05 Å². The van der Waals surface area contributed by atoms with Gasteiger partial charge in [-0.3, -0.25) is 4.68 Å². The second-order valence-corrected chi connectivity index (χ2v) is 7.44. The number of aromatic amines is 1. The highest BCUT2D eigenvalue weighted by molar-refractivity contribution is 5.93. The molecular weight excluding hydrogens is 391 g/mol. The molecule has 3 N–H and O–H groups in total. The number of fused-ring (bicyclic) bond motifs is 2. The van der Waals surface area contributed by atoms with E-state index in [2.05, 4.69) is 25.4 Å². The van der Waals surface area contributed by atoms with E-state index in [1.807, 2.05) is 0 Å². The second-order valence-electron chi connectivity index (χ2n) is 7.44. The third-order valence-electron chi connectivity index (χ3n) is 5.33. The number of carbonyl (C=O) groups excluding carboxylic acids is 1. The molecule has 4 aromatic rings. The standard InChI is InChI=1S/C20H19FN6O3/c1-27-15-6-10(21)2-5-13(15)17(26-27)14-8-22-19-18(25-14)16(9-23-19)30-20(29)24-11-3-4-12(28)7-11/h2,5-6,8-9,11-12,28H,3-4,7H2,1H3,(H,22,23)(H,24,29)/t11-,12-/m1/s1. The Morgan fingerprint density at radius 1 is 1.40 bits per heavy atom. The van der Waals surface area contributed by atoms with E-state index in [-0.39, 0.29) is 17.6 Å². The number of ether oxygens (including phenoxy) is 1. The highest BCUT2D eigenvalue weighted by Crippen LogP contribution is 2.30. The Balaban J connectivity index is 1.46. The van der Waals surface area contributed by atoms with Crippen molar-refractivity contribution in [3.8, 4) is 17.1 Å². The molecule has 3 heterocycles. The van der Waals surface area contributed by atoms with Gasteiger partial charge >= 0.3 is 6.09 Å². The molecular formula is C20H19FN6O3. The molecule has 0 saturated heterocycles. The van der Waals surface area contributed by atoms with E-state index >= 15 is 0 Å². The molecule has 1 aliphatic carbocycles. The number of nitrogens with zero attached hydrogens (tertiary/aromatic N) is 4. The summed E-state index contributed by atoms with van der Waals surface area (Å²) in [7, 11) is 1.73. The van der Waals surface area contributed by atoms with E-state index in [1.54, 1.807) is 24.0 Å². The fourth-order valence-corrected chi connectivity index (χ4v) is 3.87. The fourth-order valence-electron chi connectivity index (χ4n) is 3.87. The highest BCUT2D eigenvalue weighted by atomic mass is 19.1. The predicted octanol–water partition coefficient (Wildman–Crippen LogP) is 2.65. The number of amides is 1. The van der Waals surface area contributed by atoms with Gasteiger partial charge in [-0.1, -0.05) is 0 Å². The molecule has 0 spiro atoms. The molecule has 1 saturated carbocycles. The van der Waals surface area contributed by atoms with Gasteiger partial charge in [0.15, 0.2) is 16.9 Å². The minimum atomic E-state index is -0.610. The van der Waals surface area contributed by atoms with Crippen LogP contribution in [0.3, 0.4) is 0 Å². The monoisotopic (exact) mass is 410 g/mol. The molecule has 0 bridgehead atoms. The zero-order valence-corrected chi connectivity index (χ0v) is 16.1. The minimum absolute atomic E-state index is 0.111. The van der Waals surface area contributed by atoms with E-state index in [4.69, 9.17) is 4.74 Å². The van der Waals surface area contributed by atoms with Gasteiger partial charge in [0.1, 0.15) is 17.2 Å². The van der Waals surface area contributed by atoms with Gasteiger partial charge in [0.25, 0.3) is 0 Å². The van der Waals surface area contributed by atoms with E-state index in [0.717, 1.165) is 5.39 Å². The van der Waals surface area contributed by atoms with Gasteiger partial charge < -0.3 is 20.1 Å². The Bertz CT molecular complexity index is 1270. The van der Waals surface area contributed by atoms with Gasteiger partial charge in [-0.15, -0.1) is 0 Å². The summed E-state index contributed by atoms with van der Waals surface area (Å²) in [5, 5.41) is 17.5. The zero-order valence-electron chi connectivity index (χ0n) is 16.1. The molecule has 0 radical (unpaired) electrons. The van der Waals surface area contributed by atoms with Gasteiger partial charge in [-0.25, -0.2) is 19.2 Å². The summed E-state index contributed by atoms with van der Waals surface area (Å²) in [6.45, 7) is 0. The maximum atomic E-state index is 13.6. The maximum absolute atomic E-state index is 13.6. The van der Waals surface area contributed by atoms with Crippen LogP contribution < -0.4 is 10.1 Å². The minimum Gasteiger partial charge on any atom is -0.406 e. The number of carbonyl (C=O) groups is 1. The van der Waals surface area contributed by atoms with Crippen molar-refractivity contribution in [2.75, 3.05) is 0 Å². The molecule has 1 aromatic carbocycles. The van der Waals surface area contributed by atoms with E-state index < -0.39 is 12.2 Å². The fraction of sp³-hybridized carbons (Fsp3) is 0.300. The van der Waals surface area contributed by atoms with Crippen LogP contribution in [0.4, 0.5) is 9.18 Å². The van der Waals surface area contributed by atoms with Crippen molar-refractivity contribution >= 4 is 28.2 Å². The topological polar surface area (TPSA) is 118 Å². The maximum Gasteiger partial charge on any atom is 0.412 e. The Kier molecular flexibility index (Phi) is 4.35. The van der Waals surface area contributed by atoms with Crippen molar-refractivity contribution in [1.29, 1.82) is 0 Å². The average molecular weight is 410 g/mol. The smallest absolute Gasteiger partial charge is 0.406 e. The first-order valence-corrected chi connectivity index (χ1v) is 9.61. The number of nitrogens with one attached hydrogen (secondary N) is 2. The number of aromatic nitrogens is 5. The van der Waals surface area contributed by atoms with Crippen LogP contribution in [-0.4, -0.2) is 48.1 Å². The summed E-state index contributed by atoms with van der Waals surface area (Å²) >= 11 is 0. The lowest BCUT2D eigenvalue weighted by molar-refractivity contribution is 0.176. The Labute approximate surface area is 169 Å². The number of aliphatic hydroxyl groups excluding tert-OH is 1.